The number of nitrogens with one attached hydrogen (secondary N) is 1. The van der Waals surface area contributed by atoms with E-state index in [0.29, 0.717) is 13.0 Å². The van der Waals surface area contributed by atoms with Crippen LogP contribution in [0.15, 0.2) is 47.1 Å². The zero-order valence-electron chi connectivity index (χ0n) is 12.0. The van der Waals surface area contributed by atoms with Gasteiger partial charge in [-0.1, -0.05) is 24.3 Å². The van der Waals surface area contributed by atoms with E-state index >= 15 is 0 Å². The van der Waals surface area contributed by atoms with Crippen LogP contribution >= 0.6 is 0 Å². The minimum absolute atomic E-state index is 0.0522. The molecule has 1 aromatic carbocycles. The van der Waals surface area contributed by atoms with Gasteiger partial charge in [0, 0.05) is 19.0 Å². The predicted molar refractivity (Wildman–Crippen MR) is 82.0 cm³/mol. The predicted octanol–water partition coefficient (Wildman–Crippen LogP) is 1.79. The Kier molecular flexibility index (Phi) is 5.17. The van der Waals surface area contributed by atoms with Crippen LogP contribution in [0.2, 0.25) is 0 Å². The van der Waals surface area contributed by atoms with Crippen LogP contribution in [0.4, 0.5) is 0 Å². The van der Waals surface area contributed by atoms with Crippen LogP contribution in [0, 0.1) is 0 Å². The molecular formula is C15H20N2O3S. The van der Waals surface area contributed by atoms with Gasteiger partial charge in [-0.05, 0) is 30.2 Å². The van der Waals surface area contributed by atoms with Crippen molar-refractivity contribution in [2.24, 2.45) is 5.73 Å². The van der Waals surface area contributed by atoms with Gasteiger partial charge in [0.1, 0.15) is 5.76 Å². The van der Waals surface area contributed by atoms with Gasteiger partial charge in [-0.25, -0.2) is 13.1 Å². The molecule has 2 aromatic rings. The van der Waals surface area contributed by atoms with E-state index in [0.717, 1.165) is 16.9 Å². The molecule has 5 nitrogen and oxygen atoms in total. The molecular weight excluding hydrogens is 288 g/mol. The van der Waals surface area contributed by atoms with E-state index in [1.54, 1.807) is 18.4 Å². The topological polar surface area (TPSA) is 85.3 Å². The van der Waals surface area contributed by atoms with E-state index in [1.165, 1.54) is 0 Å². The fraction of sp³-hybridized carbons (Fsp3) is 0.333. The molecule has 0 fully saturated rings. The molecule has 6 heteroatoms. The van der Waals surface area contributed by atoms with Crippen molar-refractivity contribution >= 4 is 10.0 Å². The molecule has 1 unspecified atom stereocenters. The summed E-state index contributed by atoms with van der Waals surface area (Å²) in [5.41, 5.74) is 7.22. The third kappa shape index (κ3) is 5.00. The lowest BCUT2D eigenvalue weighted by atomic mass is 10.1. The van der Waals surface area contributed by atoms with E-state index < -0.39 is 10.0 Å². The average molecular weight is 308 g/mol. The lowest BCUT2D eigenvalue weighted by Gasteiger charge is -2.13. The van der Waals surface area contributed by atoms with Crippen molar-refractivity contribution in [3.63, 3.8) is 0 Å². The molecule has 2 rings (SSSR count). The van der Waals surface area contributed by atoms with Gasteiger partial charge >= 0.3 is 0 Å². The number of rotatable bonds is 7. The Labute approximate surface area is 125 Å². The quantitative estimate of drug-likeness (QED) is 0.816. The molecule has 0 bridgehead atoms. The number of sulfonamides is 1. The Morgan fingerprint density at radius 2 is 2.00 bits per heavy atom. The monoisotopic (exact) mass is 308 g/mol. The Morgan fingerprint density at radius 3 is 2.67 bits per heavy atom. The van der Waals surface area contributed by atoms with Crippen molar-refractivity contribution in [1.29, 1.82) is 0 Å². The van der Waals surface area contributed by atoms with Crippen LogP contribution < -0.4 is 10.5 Å². The molecule has 0 aliphatic heterocycles. The largest absolute Gasteiger partial charge is 0.469 e. The lowest BCUT2D eigenvalue weighted by molar-refractivity contribution is 0.479. The van der Waals surface area contributed by atoms with Gasteiger partial charge in [0.05, 0.1) is 12.0 Å². The molecule has 0 aliphatic carbocycles. The third-order valence-corrected chi connectivity index (χ3v) is 4.53. The summed E-state index contributed by atoms with van der Waals surface area (Å²) in [7, 11) is -3.39. The molecule has 0 saturated heterocycles. The van der Waals surface area contributed by atoms with Crippen LogP contribution in [-0.4, -0.2) is 14.5 Å². The summed E-state index contributed by atoms with van der Waals surface area (Å²) in [5, 5.41) is 0. The summed E-state index contributed by atoms with van der Waals surface area (Å²) >= 11 is 0. The first-order valence-corrected chi connectivity index (χ1v) is 8.44. The molecule has 3 N–H and O–H groups in total. The zero-order chi connectivity index (χ0) is 15.3. The Bertz CT molecular complexity index is 666. The average Bonchev–Trinajstić information content (AvgIpc) is 2.90. The number of nitrogens with two attached hydrogens (primary N) is 1. The number of benzene rings is 1. The summed E-state index contributed by atoms with van der Waals surface area (Å²) in [4.78, 5) is 0. The van der Waals surface area contributed by atoms with Crippen LogP contribution in [0.3, 0.4) is 0 Å². The molecule has 0 radical (unpaired) electrons. The third-order valence-electron chi connectivity index (χ3n) is 3.05. The second-order valence-electron chi connectivity index (χ2n) is 5.09. The summed E-state index contributed by atoms with van der Waals surface area (Å²) in [6, 6.07) is 10.7. The van der Waals surface area contributed by atoms with Crippen molar-refractivity contribution in [3.8, 4) is 0 Å². The Balaban J connectivity index is 1.97. The van der Waals surface area contributed by atoms with Crippen molar-refractivity contribution in [2.75, 3.05) is 0 Å². The first-order valence-electron chi connectivity index (χ1n) is 6.79. The van der Waals surface area contributed by atoms with E-state index in [4.69, 9.17) is 10.2 Å². The second-order valence-corrected chi connectivity index (χ2v) is 6.84. The minimum atomic E-state index is -3.39. The summed E-state index contributed by atoms with van der Waals surface area (Å²) < 4.78 is 32.2. The van der Waals surface area contributed by atoms with Crippen LogP contribution in [0.25, 0.3) is 0 Å². The van der Waals surface area contributed by atoms with Gasteiger partial charge in [0.15, 0.2) is 0 Å². The maximum Gasteiger partial charge on any atom is 0.216 e. The van der Waals surface area contributed by atoms with E-state index in [-0.39, 0.29) is 11.8 Å². The molecule has 0 saturated carbocycles. The van der Waals surface area contributed by atoms with E-state index in [1.807, 2.05) is 31.2 Å². The number of hydrogen-bond acceptors (Lipinski definition) is 4. The first-order chi connectivity index (χ1) is 9.98. The molecule has 0 amide bonds. The molecule has 1 atom stereocenters. The zero-order valence-corrected chi connectivity index (χ0v) is 12.8. The molecule has 1 heterocycles. The molecule has 0 spiro atoms. The van der Waals surface area contributed by atoms with Crippen molar-refractivity contribution in [3.05, 3.63) is 59.5 Å². The van der Waals surface area contributed by atoms with E-state index in [2.05, 4.69) is 4.72 Å². The summed E-state index contributed by atoms with van der Waals surface area (Å²) in [5.74, 6) is 0.707. The molecule has 21 heavy (non-hydrogen) atoms. The number of hydrogen-bond donors (Lipinski definition) is 2. The van der Waals surface area contributed by atoms with Gasteiger partial charge in [-0.3, -0.25) is 0 Å². The van der Waals surface area contributed by atoms with Crippen molar-refractivity contribution in [1.82, 2.24) is 4.72 Å². The van der Waals surface area contributed by atoms with Crippen molar-refractivity contribution < 1.29 is 12.8 Å². The van der Waals surface area contributed by atoms with Crippen LogP contribution in [-0.2, 0) is 28.7 Å². The summed E-state index contributed by atoms with van der Waals surface area (Å²) in [6.45, 7) is 2.21. The lowest BCUT2D eigenvalue weighted by Crippen LogP contribution is -2.34. The fourth-order valence-electron chi connectivity index (χ4n) is 2.19. The van der Waals surface area contributed by atoms with Crippen LogP contribution in [0.1, 0.15) is 23.8 Å². The molecule has 114 valence electrons. The highest BCUT2D eigenvalue weighted by molar-refractivity contribution is 7.88. The maximum absolute atomic E-state index is 12.2. The number of furan rings is 1. The van der Waals surface area contributed by atoms with Gasteiger partial charge in [-0.15, -0.1) is 0 Å². The molecule has 0 aliphatic rings. The SMILES string of the molecule is CC(Cc1ccco1)NS(=O)(=O)Cc1cccc(CN)c1. The molecule has 1 aromatic heterocycles. The normalized spacial score (nSPS) is 13.2. The Morgan fingerprint density at radius 1 is 1.24 bits per heavy atom. The fourth-order valence-corrected chi connectivity index (χ4v) is 3.58. The van der Waals surface area contributed by atoms with Gasteiger partial charge in [0.25, 0.3) is 0 Å². The van der Waals surface area contributed by atoms with Gasteiger partial charge < -0.3 is 10.2 Å². The highest BCUT2D eigenvalue weighted by Gasteiger charge is 2.16. The standard InChI is InChI=1S/C15H20N2O3S/c1-12(8-15-6-3-7-20-15)17-21(18,19)11-14-5-2-4-13(9-14)10-16/h2-7,9,12,17H,8,10-11,16H2,1H3. The van der Waals surface area contributed by atoms with Crippen molar-refractivity contribution in [2.45, 2.75) is 31.7 Å². The summed E-state index contributed by atoms with van der Waals surface area (Å²) in [6.07, 6.45) is 2.10. The Hall–Kier alpha value is -1.63. The minimum Gasteiger partial charge on any atom is -0.469 e. The highest BCUT2D eigenvalue weighted by atomic mass is 32.2. The van der Waals surface area contributed by atoms with Crippen LogP contribution in [0.5, 0.6) is 0 Å². The smallest absolute Gasteiger partial charge is 0.216 e. The highest BCUT2D eigenvalue weighted by Crippen LogP contribution is 2.10. The first kappa shape index (κ1) is 15.8. The van der Waals surface area contributed by atoms with Gasteiger partial charge in [0.2, 0.25) is 10.0 Å². The van der Waals surface area contributed by atoms with Gasteiger partial charge in [-0.2, -0.15) is 0 Å². The van der Waals surface area contributed by atoms with E-state index in [9.17, 15) is 8.42 Å². The maximum atomic E-state index is 12.2. The second kappa shape index (κ2) is 6.89.